The summed E-state index contributed by atoms with van der Waals surface area (Å²) < 4.78 is 15.0. The van der Waals surface area contributed by atoms with Gasteiger partial charge in [-0.15, -0.1) is 0 Å². The summed E-state index contributed by atoms with van der Waals surface area (Å²) in [5.74, 6) is -1.52. The second-order valence-corrected chi connectivity index (χ2v) is 12.3. The molecule has 2 fully saturated rings. The Balaban J connectivity index is 1.50. The number of anilines is 2. The number of amides is 2. The molecule has 0 aromatic heterocycles. The highest BCUT2D eigenvalue weighted by Gasteiger charge is 2.40. The second kappa shape index (κ2) is 11.4. The van der Waals surface area contributed by atoms with Crippen LogP contribution in [-0.2, 0) is 10.2 Å². The summed E-state index contributed by atoms with van der Waals surface area (Å²) in [7, 11) is 0. The maximum absolute atomic E-state index is 15.0. The van der Waals surface area contributed by atoms with Gasteiger partial charge >= 0.3 is 0 Å². The van der Waals surface area contributed by atoms with Gasteiger partial charge in [-0.05, 0) is 91.5 Å². The summed E-state index contributed by atoms with van der Waals surface area (Å²) in [5, 5.41) is 6.74. The summed E-state index contributed by atoms with van der Waals surface area (Å²) in [4.78, 5) is 29.6. The van der Waals surface area contributed by atoms with Crippen LogP contribution in [0.4, 0.5) is 15.8 Å². The molecule has 1 saturated heterocycles. The average Bonchev–Trinajstić information content (AvgIpc) is 2.90. The molecule has 2 amide bonds. The van der Waals surface area contributed by atoms with E-state index in [1.54, 1.807) is 24.0 Å². The molecule has 2 N–H and O–H groups in total. The molecule has 1 aliphatic heterocycles. The van der Waals surface area contributed by atoms with Crippen molar-refractivity contribution in [1.29, 1.82) is 0 Å². The minimum absolute atomic E-state index is 0.0528. The van der Waals surface area contributed by atoms with E-state index in [0.29, 0.717) is 31.0 Å². The van der Waals surface area contributed by atoms with E-state index >= 15 is 0 Å². The zero-order chi connectivity index (χ0) is 28.4. The van der Waals surface area contributed by atoms with Gasteiger partial charge in [0.2, 0.25) is 5.91 Å². The Labute approximate surface area is 237 Å². The topological polar surface area (TPSA) is 61.4 Å². The predicted molar refractivity (Wildman–Crippen MR) is 159 cm³/mol. The third-order valence-corrected chi connectivity index (χ3v) is 8.36. The molecule has 0 radical (unpaired) electrons. The Hall–Kier alpha value is -3.67. The summed E-state index contributed by atoms with van der Waals surface area (Å²) in [6.07, 6.45) is 4.81. The van der Waals surface area contributed by atoms with Gasteiger partial charge in [0.1, 0.15) is 5.82 Å². The third-order valence-electron chi connectivity index (χ3n) is 8.36. The minimum Gasteiger partial charge on any atom is -0.382 e. The first-order chi connectivity index (χ1) is 19.1. The molecule has 2 atom stereocenters. The van der Waals surface area contributed by atoms with Crippen molar-refractivity contribution in [2.45, 2.75) is 77.3 Å². The van der Waals surface area contributed by atoms with Gasteiger partial charge in [0, 0.05) is 24.0 Å². The first kappa shape index (κ1) is 27.9. The number of carbonyl (C=O) groups excluding carboxylic acids is 2. The molecule has 1 unspecified atom stereocenters. The Kier molecular flexibility index (Phi) is 7.97. The molecule has 6 heteroatoms. The lowest BCUT2D eigenvalue weighted by Gasteiger charge is -2.41. The molecule has 1 saturated carbocycles. The number of carbonyl (C=O) groups is 2. The lowest BCUT2D eigenvalue weighted by Crippen LogP contribution is -2.46. The van der Waals surface area contributed by atoms with Crippen LogP contribution in [0.1, 0.15) is 86.0 Å². The van der Waals surface area contributed by atoms with Gasteiger partial charge in [-0.25, -0.2) is 4.39 Å². The molecular weight excluding hydrogens is 501 g/mol. The zero-order valence-corrected chi connectivity index (χ0v) is 24.0. The van der Waals surface area contributed by atoms with Crippen LogP contribution in [0.2, 0.25) is 0 Å². The van der Waals surface area contributed by atoms with Crippen LogP contribution in [0, 0.1) is 18.7 Å². The van der Waals surface area contributed by atoms with E-state index < -0.39 is 17.8 Å². The first-order valence-electron chi connectivity index (χ1n) is 14.5. The van der Waals surface area contributed by atoms with E-state index in [1.165, 1.54) is 12.5 Å². The molecule has 1 heterocycles. The molecule has 0 spiro atoms. The van der Waals surface area contributed by atoms with Crippen LogP contribution >= 0.6 is 0 Å². The molecule has 210 valence electrons. The van der Waals surface area contributed by atoms with Crippen molar-refractivity contribution >= 4 is 23.2 Å². The predicted octanol–water partition coefficient (Wildman–Crippen LogP) is 7.63. The number of rotatable bonds is 6. The SMILES string of the molecule is Cc1cccc(F)c1C(=O)N1CCC[C@H](C(=O)Nc2cccc(C(C)(C)C)c2)C1c1cccc(NC2CCC2)c1. The van der Waals surface area contributed by atoms with Crippen molar-refractivity contribution in [3.05, 3.63) is 94.8 Å². The zero-order valence-electron chi connectivity index (χ0n) is 24.0. The fraction of sp³-hybridized carbons (Fsp3) is 0.412. The van der Waals surface area contributed by atoms with E-state index in [1.807, 2.05) is 36.4 Å². The van der Waals surface area contributed by atoms with E-state index in [2.05, 4.69) is 43.5 Å². The van der Waals surface area contributed by atoms with Gasteiger partial charge in [-0.3, -0.25) is 9.59 Å². The van der Waals surface area contributed by atoms with Crippen LogP contribution in [0.25, 0.3) is 0 Å². The van der Waals surface area contributed by atoms with Crippen molar-refractivity contribution in [3.8, 4) is 0 Å². The summed E-state index contributed by atoms with van der Waals surface area (Å²) in [5.41, 5.74) is 4.36. The fourth-order valence-electron chi connectivity index (χ4n) is 5.86. The first-order valence-corrected chi connectivity index (χ1v) is 14.5. The smallest absolute Gasteiger partial charge is 0.257 e. The number of piperidine rings is 1. The largest absolute Gasteiger partial charge is 0.382 e. The van der Waals surface area contributed by atoms with Gasteiger partial charge in [-0.2, -0.15) is 0 Å². The van der Waals surface area contributed by atoms with Gasteiger partial charge in [-0.1, -0.05) is 57.2 Å². The monoisotopic (exact) mass is 541 g/mol. The Bertz CT molecular complexity index is 1370. The number of halogens is 1. The Morgan fingerprint density at radius 1 is 0.900 bits per heavy atom. The number of hydrogen-bond acceptors (Lipinski definition) is 3. The summed E-state index contributed by atoms with van der Waals surface area (Å²) in [6, 6.07) is 20.6. The minimum atomic E-state index is -0.533. The van der Waals surface area contributed by atoms with E-state index in [-0.39, 0.29) is 22.8 Å². The maximum atomic E-state index is 15.0. The highest BCUT2D eigenvalue weighted by molar-refractivity contribution is 5.98. The van der Waals surface area contributed by atoms with E-state index in [9.17, 15) is 14.0 Å². The van der Waals surface area contributed by atoms with Gasteiger partial charge in [0.25, 0.3) is 5.91 Å². The van der Waals surface area contributed by atoms with Crippen molar-refractivity contribution in [2.75, 3.05) is 17.2 Å². The van der Waals surface area contributed by atoms with Gasteiger partial charge in [0.05, 0.1) is 17.5 Å². The number of likely N-dealkylation sites (tertiary alicyclic amines) is 1. The van der Waals surface area contributed by atoms with E-state index in [4.69, 9.17) is 0 Å². The van der Waals surface area contributed by atoms with Crippen molar-refractivity contribution < 1.29 is 14.0 Å². The normalized spacial score (nSPS) is 19.6. The van der Waals surface area contributed by atoms with Crippen molar-refractivity contribution in [1.82, 2.24) is 4.90 Å². The van der Waals surface area contributed by atoms with Crippen LogP contribution < -0.4 is 10.6 Å². The van der Waals surface area contributed by atoms with Crippen molar-refractivity contribution in [3.63, 3.8) is 0 Å². The lowest BCUT2D eigenvalue weighted by molar-refractivity contribution is -0.123. The number of aryl methyl sites for hydroxylation is 1. The van der Waals surface area contributed by atoms with Crippen LogP contribution in [0.5, 0.6) is 0 Å². The molecule has 5 nitrogen and oxygen atoms in total. The third kappa shape index (κ3) is 5.91. The summed E-state index contributed by atoms with van der Waals surface area (Å²) in [6.45, 7) is 8.64. The molecule has 5 rings (SSSR count). The molecule has 1 aliphatic carbocycles. The molecule has 2 aliphatic rings. The molecule has 0 bridgehead atoms. The number of hydrogen-bond donors (Lipinski definition) is 2. The second-order valence-electron chi connectivity index (χ2n) is 12.3. The quantitative estimate of drug-likeness (QED) is 0.337. The average molecular weight is 542 g/mol. The Morgan fingerprint density at radius 2 is 1.62 bits per heavy atom. The molecule has 3 aromatic rings. The van der Waals surface area contributed by atoms with Crippen LogP contribution in [0.15, 0.2) is 66.7 Å². The summed E-state index contributed by atoms with van der Waals surface area (Å²) >= 11 is 0. The highest BCUT2D eigenvalue weighted by Crippen LogP contribution is 2.40. The van der Waals surface area contributed by atoms with E-state index in [0.717, 1.165) is 35.3 Å². The highest BCUT2D eigenvalue weighted by atomic mass is 19.1. The lowest BCUT2D eigenvalue weighted by atomic mass is 9.82. The standard InChI is InChI=1S/C34H40FN3O2/c1-22-10-5-18-29(35)30(22)33(40)38-19-9-17-28(32(39)37-27-16-7-12-24(21-27)34(2,3)4)31(38)23-11-6-15-26(20-23)36-25-13-8-14-25/h5-7,10-12,15-16,18,20-21,25,28,31,36H,8-9,13-14,17,19H2,1-4H3,(H,37,39)/t28-,31?/m0/s1. The van der Waals surface area contributed by atoms with Crippen LogP contribution in [0.3, 0.4) is 0 Å². The number of benzene rings is 3. The maximum Gasteiger partial charge on any atom is 0.257 e. The van der Waals surface area contributed by atoms with Gasteiger partial charge < -0.3 is 15.5 Å². The van der Waals surface area contributed by atoms with Crippen LogP contribution in [-0.4, -0.2) is 29.3 Å². The molecule has 3 aromatic carbocycles. The molecule has 40 heavy (non-hydrogen) atoms. The Morgan fingerprint density at radius 3 is 2.33 bits per heavy atom. The molecular formula is C34H40FN3O2. The number of nitrogens with zero attached hydrogens (tertiary/aromatic N) is 1. The van der Waals surface area contributed by atoms with Gasteiger partial charge in [0.15, 0.2) is 0 Å². The fourth-order valence-corrected chi connectivity index (χ4v) is 5.86. The number of nitrogens with one attached hydrogen (secondary N) is 2. The van der Waals surface area contributed by atoms with Crippen molar-refractivity contribution in [2.24, 2.45) is 5.92 Å².